The van der Waals surface area contributed by atoms with Crippen LogP contribution in [0.25, 0.3) is 44.9 Å². The molecular formula is C21H19N4OP. The van der Waals surface area contributed by atoms with Crippen LogP contribution in [0, 0.1) is 0 Å². The van der Waals surface area contributed by atoms with E-state index in [1.165, 1.54) is 0 Å². The van der Waals surface area contributed by atoms with Crippen LogP contribution in [0.2, 0.25) is 0 Å². The van der Waals surface area contributed by atoms with Crippen LogP contribution in [0.3, 0.4) is 0 Å². The normalized spacial score (nSPS) is 14.3. The minimum absolute atomic E-state index is 0.0167. The monoisotopic (exact) mass is 374 g/mol. The summed E-state index contributed by atoms with van der Waals surface area (Å²) in [7, 11) is 2.54. The highest BCUT2D eigenvalue weighted by atomic mass is 31.0. The number of fused-ring (bicyclic) bond motifs is 8. The van der Waals surface area contributed by atoms with E-state index in [2.05, 4.69) is 21.0 Å². The van der Waals surface area contributed by atoms with Gasteiger partial charge >= 0.3 is 0 Å². The van der Waals surface area contributed by atoms with E-state index in [9.17, 15) is 4.79 Å². The van der Waals surface area contributed by atoms with Gasteiger partial charge in [-0.2, -0.15) is 0 Å². The van der Waals surface area contributed by atoms with E-state index in [0.717, 1.165) is 55.1 Å². The van der Waals surface area contributed by atoms with Gasteiger partial charge in [0.25, 0.3) is 5.91 Å². The van der Waals surface area contributed by atoms with Gasteiger partial charge in [-0.25, -0.2) is 0 Å². The van der Waals surface area contributed by atoms with Gasteiger partial charge in [0.2, 0.25) is 0 Å². The molecule has 1 unspecified atom stereocenters. The Bertz CT molecular complexity index is 1330. The lowest BCUT2D eigenvalue weighted by Crippen LogP contribution is -2.11. The van der Waals surface area contributed by atoms with Gasteiger partial charge in [0, 0.05) is 27.2 Å². The number of nitrogens with one attached hydrogen (secondary N) is 1. The number of carbonyl (C=O) groups excluding carboxylic acids is 1. The van der Waals surface area contributed by atoms with Crippen molar-refractivity contribution in [2.24, 2.45) is 0 Å². The molecule has 3 N–H and O–H groups in total. The minimum atomic E-state index is 0.0167. The quantitative estimate of drug-likeness (QED) is 0.403. The van der Waals surface area contributed by atoms with E-state index >= 15 is 0 Å². The molecule has 5 nitrogen and oxygen atoms in total. The molecule has 2 aromatic heterocycles. The minimum Gasteiger partial charge on any atom is -0.353 e. The van der Waals surface area contributed by atoms with Crippen LogP contribution in [0.4, 0.5) is 0 Å². The Morgan fingerprint density at radius 1 is 1.30 bits per heavy atom. The van der Waals surface area contributed by atoms with Crippen molar-refractivity contribution in [2.45, 2.75) is 13.5 Å². The standard InChI is InChI=1S/C21H19N4OP/c1-3-7-12-15(4-2)25(22)20-16(12)13-10-24(27)21(26)18(13)17-11-8-5-6-9-14(11)23-19(17)20/h3-9,23H,2,10,22,27H2,1H3/b7-3-. The molecule has 0 bridgehead atoms. The van der Waals surface area contributed by atoms with Crippen molar-refractivity contribution < 1.29 is 4.79 Å². The van der Waals surface area contributed by atoms with Crippen LogP contribution in [-0.4, -0.2) is 20.2 Å². The third-order valence-electron chi connectivity index (χ3n) is 5.41. The van der Waals surface area contributed by atoms with Crippen molar-refractivity contribution in [1.29, 1.82) is 0 Å². The number of nitrogens with zero attached hydrogens (tertiary/aromatic N) is 2. The van der Waals surface area contributed by atoms with Gasteiger partial charge in [0.15, 0.2) is 0 Å². The molecule has 0 saturated heterocycles. The number of H-pyrrole nitrogens is 1. The second kappa shape index (κ2) is 5.48. The molecule has 27 heavy (non-hydrogen) atoms. The molecule has 1 aliphatic heterocycles. The maximum absolute atomic E-state index is 13.0. The van der Waals surface area contributed by atoms with Crippen molar-refractivity contribution in [3.05, 3.63) is 59.3 Å². The highest BCUT2D eigenvalue weighted by Crippen LogP contribution is 2.44. The molecule has 1 amide bonds. The summed E-state index contributed by atoms with van der Waals surface area (Å²) >= 11 is 0. The molecule has 5 rings (SSSR count). The molecule has 0 spiro atoms. The first-order valence-electron chi connectivity index (χ1n) is 8.78. The summed E-state index contributed by atoms with van der Waals surface area (Å²) in [6.45, 7) is 6.46. The largest absolute Gasteiger partial charge is 0.353 e. The summed E-state index contributed by atoms with van der Waals surface area (Å²) in [5, 5.41) is 2.99. The Hall–Kier alpha value is -3.04. The van der Waals surface area contributed by atoms with Gasteiger partial charge in [-0.05, 0) is 34.0 Å². The van der Waals surface area contributed by atoms with Crippen molar-refractivity contribution in [2.75, 3.05) is 5.84 Å². The van der Waals surface area contributed by atoms with Gasteiger partial charge < -0.3 is 15.5 Å². The van der Waals surface area contributed by atoms with Crippen LogP contribution < -0.4 is 5.84 Å². The summed E-state index contributed by atoms with van der Waals surface area (Å²) in [5.74, 6) is 6.54. The van der Waals surface area contributed by atoms with Gasteiger partial charge in [0.05, 0.1) is 28.8 Å². The lowest BCUT2D eigenvalue weighted by atomic mass is 9.96. The molecule has 0 fully saturated rings. The molecule has 4 aromatic rings. The predicted molar refractivity (Wildman–Crippen MR) is 116 cm³/mol. The van der Waals surface area contributed by atoms with Crippen molar-refractivity contribution in [3.63, 3.8) is 0 Å². The third-order valence-corrected chi connectivity index (χ3v) is 5.83. The van der Waals surface area contributed by atoms with Crippen LogP contribution in [0.5, 0.6) is 0 Å². The number of hydrogen-bond donors (Lipinski definition) is 2. The fourth-order valence-corrected chi connectivity index (χ4v) is 4.67. The summed E-state index contributed by atoms with van der Waals surface area (Å²) in [5.41, 5.74) is 6.39. The molecule has 0 saturated carbocycles. The zero-order chi connectivity index (χ0) is 18.9. The lowest BCUT2D eigenvalue weighted by molar-refractivity contribution is 0.0889. The lowest BCUT2D eigenvalue weighted by Gasteiger charge is -2.06. The maximum Gasteiger partial charge on any atom is 0.258 e. The third kappa shape index (κ3) is 1.89. The van der Waals surface area contributed by atoms with E-state index in [1.54, 1.807) is 15.4 Å². The van der Waals surface area contributed by atoms with Crippen LogP contribution in [0.15, 0.2) is 36.9 Å². The first-order chi connectivity index (χ1) is 13.1. The number of carbonyl (C=O) groups is 1. The topological polar surface area (TPSA) is 67.0 Å². The number of allylic oxidation sites excluding steroid dienone is 1. The van der Waals surface area contributed by atoms with Crippen molar-refractivity contribution in [1.82, 2.24) is 14.3 Å². The number of nitrogens with two attached hydrogens (primary N) is 1. The van der Waals surface area contributed by atoms with E-state index in [1.807, 2.05) is 43.3 Å². The first kappa shape index (κ1) is 16.2. The first-order valence-corrected chi connectivity index (χ1v) is 9.30. The molecule has 0 aliphatic carbocycles. The maximum atomic E-state index is 13.0. The molecule has 1 aliphatic rings. The predicted octanol–water partition coefficient (Wildman–Crippen LogP) is 4.41. The van der Waals surface area contributed by atoms with Gasteiger partial charge in [0.1, 0.15) is 0 Å². The summed E-state index contributed by atoms with van der Waals surface area (Å²) < 4.78 is 3.37. The van der Waals surface area contributed by atoms with Crippen molar-refractivity contribution >= 4 is 60.2 Å². The Morgan fingerprint density at radius 3 is 2.81 bits per heavy atom. The van der Waals surface area contributed by atoms with Gasteiger partial charge in [-0.3, -0.25) is 9.47 Å². The Labute approximate surface area is 158 Å². The number of nitrogen functional groups attached to an aromatic ring is 1. The molecule has 2 aromatic carbocycles. The Morgan fingerprint density at radius 2 is 2.07 bits per heavy atom. The summed E-state index contributed by atoms with van der Waals surface area (Å²) in [4.78, 5) is 16.5. The fraction of sp³-hybridized carbons (Fsp3) is 0.0952. The average Bonchev–Trinajstić information content (AvgIpc) is 3.26. The molecular weight excluding hydrogens is 355 g/mol. The van der Waals surface area contributed by atoms with E-state index in [4.69, 9.17) is 5.84 Å². The zero-order valence-corrected chi connectivity index (χ0v) is 16.1. The van der Waals surface area contributed by atoms with E-state index in [-0.39, 0.29) is 5.91 Å². The number of amides is 1. The van der Waals surface area contributed by atoms with Gasteiger partial charge in [-0.1, -0.05) is 36.9 Å². The number of aromatic nitrogens is 2. The molecule has 134 valence electrons. The van der Waals surface area contributed by atoms with E-state index < -0.39 is 0 Å². The Balaban J connectivity index is 2.15. The van der Waals surface area contributed by atoms with Gasteiger partial charge in [-0.15, -0.1) is 0 Å². The van der Waals surface area contributed by atoms with Crippen molar-refractivity contribution in [3.8, 4) is 0 Å². The average molecular weight is 374 g/mol. The summed E-state index contributed by atoms with van der Waals surface area (Å²) in [6.07, 6.45) is 5.79. The zero-order valence-electron chi connectivity index (χ0n) is 14.9. The molecule has 1 atom stereocenters. The van der Waals surface area contributed by atoms with Crippen LogP contribution in [0.1, 0.15) is 34.1 Å². The molecule has 6 heteroatoms. The highest BCUT2D eigenvalue weighted by molar-refractivity contribution is 7.14. The SMILES string of the molecule is C=Cc1c(/C=C\C)c2c3c(c4c5ccccc5[nH]c4c2n1N)C(=O)N(P)C3. The smallest absolute Gasteiger partial charge is 0.258 e. The number of para-hydroxylation sites is 1. The molecule has 0 radical (unpaired) electrons. The number of hydrogen-bond acceptors (Lipinski definition) is 2. The van der Waals surface area contributed by atoms with E-state index in [0.29, 0.717) is 6.54 Å². The Kier molecular flexibility index (Phi) is 3.28. The number of rotatable bonds is 2. The summed E-state index contributed by atoms with van der Waals surface area (Å²) in [6, 6.07) is 8.05. The highest BCUT2D eigenvalue weighted by Gasteiger charge is 2.34. The number of aromatic amines is 1. The second-order valence-electron chi connectivity index (χ2n) is 6.80. The van der Waals surface area contributed by atoms with Crippen LogP contribution in [-0.2, 0) is 6.54 Å². The molecule has 3 heterocycles. The number of benzene rings is 2. The second-order valence-corrected chi connectivity index (χ2v) is 7.43. The fourth-order valence-electron chi connectivity index (χ4n) is 4.36. The van der Waals surface area contributed by atoms with Crippen LogP contribution >= 0.6 is 9.39 Å².